The molecule has 0 aromatic heterocycles. The SMILES string of the molecule is CC(C)N(C)CCN(C)CCN1CCCCC1. The number of likely N-dealkylation sites (N-methyl/N-ethyl adjacent to an activating group) is 2. The molecule has 1 fully saturated rings. The van der Waals surface area contributed by atoms with Crippen molar-refractivity contribution < 1.29 is 0 Å². The van der Waals surface area contributed by atoms with Crippen LogP contribution in [0.4, 0.5) is 0 Å². The number of rotatable bonds is 7. The maximum atomic E-state index is 2.62. The van der Waals surface area contributed by atoms with Crippen LogP contribution in [0.1, 0.15) is 33.1 Å². The first-order valence-corrected chi connectivity index (χ1v) is 7.20. The summed E-state index contributed by atoms with van der Waals surface area (Å²) in [6.45, 7) is 12.0. The van der Waals surface area contributed by atoms with Crippen LogP contribution in [-0.4, -0.2) is 74.1 Å². The molecule has 0 bridgehead atoms. The minimum absolute atomic E-state index is 0.658. The molecule has 3 nitrogen and oxygen atoms in total. The molecule has 0 radical (unpaired) electrons. The van der Waals surface area contributed by atoms with Gasteiger partial charge >= 0.3 is 0 Å². The van der Waals surface area contributed by atoms with E-state index in [2.05, 4.69) is 42.6 Å². The van der Waals surface area contributed by atoms with Crippen molar-refractivity contribution in [3.05, 3.63) is 0 Å². The van der Waals surface area contributed by atoms with Gasteiger partial charge < -0.3 is 14.7 Å². The van der Waals surface area contributed by atoms with Gasteiger partial charge in [0.05, 0.1) is 0 Å². The molecule has 0 saturated carbocycles. The molecule has 102 valence electrons. The number of likely N-dealkylation sites (tertiary alicyclic amines) is 1. The minimum Gasteiger partial charge on any atom is -0.304 e. The van der Waals surface area contributed by atoms with Crippen molar-refractivity contribution in [3.8, 4) is 0 Å². The Balaban J connectivity index is 2.05. The van der Waals surface area contributed by atoms with E-state index in [0.717, 1.165) is 0 Å². The molecule has 17 heavy (non-hydrogen) atoms. The molecule has 0 atom stereocenters. The highest BCUT2D eigenvalue weighted by molar-refractivity contribution is 4.67. The Morgan fingerprint density at radius 3 is 2.18 bits per heavy atom. The van der Waals surface area contributed by atoms with Gasteiger partial charge in [-0.1, -0.05) is 6.42 Å². The first-order valence-electron chi connectivity index (χ1n) is 7.20. The van der Waals surface area contributed by atoms with Gasteiger partial charge in [0.25, 0.3) is 0 Å². The Morgan fingerprint density at radius 2 is 1.59 bits per heavy atom. The van der Waals surface area contributed by atoms with Gasteiger partial charge in [-0.25, -0.2) is 0 Å². The zero-order valence-electron chi connectivity index (χ0n) is 12.3. The standard InChI is InChI=1S/C14H31N3/c1-14(2)16(4)12-10-15(3)11-13-17-8-6-5-7-9-17/h14H,5-13H2,1-4H3. The number of hydrogen-bond acceptors (Lipinski definition) is 3. The summed E-state index contributed by atoms with van der Waals surface area (Å²) < 4.78 is 0. The summed E-state index contributed by atoms with van der Waals surface area (Å²) in [4.78, 5) is 7.50. The molecular formula is C14H31N3. The average Bonchev–Trinajstić information content (AvgIpc) is 2.34. The van der Waals surface area contributed by atoms with Gasteiger partial charge in [-0.3, -0.25) is 0 Å². The lowest BCUT2D eigenvalue weighted by Gasteiger charge is -2.29. The largest absolute Gasteiger partial charge is 0.304 e. The molecule has 0 N–H and O–H groups in total. The van der Waals surface area contributed by atoms with Gasteiger partial charge in [0.1, 0.15) is 0 Å². The topological polar surface area (TPSA) is 9.72 Å². The smallest absolute Gasteiger partial charge is 0.0109 e. The van der Waals surface area contributed by atoms with Crippen LogP contribution in [0.3, 0.4) is 0 Å². The first kappa shape index (κ1) is 14.9. The third-order valence-corrected chi connectivity index (χ3v) is 3.96. The second kappa shape index (κ2) is 8.06. The summed E-state index contributed by atoms with van der Waals surface area (Å²) in [5, 5.41) is 0. The first-order chi connectivity index (χ1) is 8.09. The van der Waals surface area contributed by atoms with E-state index in [1.807, 2.05) is 0 Å². The molecular weight excluding hydrogens is 210 g/mol. The van der Waals surface area contributed by atoms with E-state index in [1.165, 1.54) is 58.5 Å². The predicted octanol–water partition coefficient (Wildman–Crippen LogP) is 1.74. The van der Waals surface area contributed by atoms with Crippen LogP contribution in [0.2, 0.25) is 0 Å². The van der Waals surface area contributed by atoms with E-state index in [0.29, 0.717) is 6.04 Å². The Hall–Kier alpha value is -0.120. The number of piperidine rings is 1. The van der Waals surface area contributed by atoms with Crippen LogP contribution >= 0.6 is 0 Å². The maximum absolute atomic E-state index is 2.62. The highest BCUT2D eigenvalue weighted by Crippen LogP contribution is 2.07. The third kappa shape index (κ3) is 6.39. The summed E-state index contributed by atoms with van der Waals surface area (Å²) in [5.74, 6) is 0. The number of hydrogen-bond donors (Lipinski definition) is 0. The Morgan fingerprint density at radius 1 is 0.941 bits per heavy atom. The van der Waals surface area contributed by atoms with E-state index >= 15 is 0 Å². The summed E-state index contributed by atoms with van der Waals surface area (Å²) in [6, 6.07) is 0.658. The zero-order chi connectivity index (χ0) is 12.7. The van der Waals surface area contributed by atoms with Crippen LogP contribution in [0, 0.1) is 0 Å². The fourth-order valence-corrected chi connectivity index (χ4v) is 2.19. The molecule has 1 saturated heterocycles. The third-order valence-electron chi connectivity index (χ3n) is 3.96. The van der Waals surface area contributed by atoms with Crippen LogP contribution in [0.15, 0.2) is 0 Å². The highest BCUT2D eigenvalue weighted by atomic mass is 15.2. The zero-order valence-corrected chi connectivity index (χ0v) is 12.3. The monoisotopic (exact) mass is 241 g/mol. The molecule has 3 heteroatoms. The predicted molar refractivity (Wildman–Crippen MR) is 75.6 cm³/mol. The molecule has 0 aromatic rings. The van der Waals surface area contributed by atoms with Crippen molar-refractivity contribution in [2.24, 2.45) is 0 Å². The Kier molecular flexibility index (Phi) is 7.09. The molecule has 1 rings (SSSR count). The molecule has 0 unspecified atom stereocenters. The quantitative estimate of drug-likeness (QED) is 0.672. The second-order valence-corrected chi connectivity index (χ2v) is 5.78. The normalized spacial score (nSPS) is 18.5. The lowest BCUT2D eigenvalue weighted by molar-refractivity contribution is 0.180. The molecule has 0 amide bonds. The summed E-state index contributed by atoms with van der Waals surface area (Å²) in [7, 11) is 4.46. The van der Waals surface area contributed by atoms with Crippen molar-refractivity contribution in [3.63, 3.8) is 0 Å². The van der Waals surface area contributed by atoms with Crippen LogP contribution in [0.5, 0.6) is 0 Å². The van der Waals surface area contributed by atoms with E-state index in [-0.39, 0.29) is 0 Å². The van der Waals surface area contributed by atoms with Gasteiger partial charge in [0, 0.05) is 32.2 Å². The fourth-order valence-electron chi connectivity index (χ4n) is 2.19. The summed E-state index contributed by atoms with van der Waals surface area (Å²) >= 11 is 0. The van der Waals surface area contributed by atoms with Gasteiger partial charge in [-0.2, -0.15) is 0 Å². The van der Waals surface area contributed by atoms with E-state index < -0.39 is 0 Å². The lowest BCUT2D eigenvalue weighted by Crippen LogP contribution is -2.39. The molecule has 0 aromatic carbocycles. The molecule has 1 aliphatic rings. The Bertz CT molecular complexity index is 188. The van der Waals surface area contributed by atoms with Crippen molar-refractivity contribution in [1.82, 2.24) is 14.7 Å². The molecule has 1 aliphatic heterocycles. The maximum Gasteiger partial charge on any atom is 0.0109 e. The van der Waals surface area contributed by atoms with Crippen LogP contribution in [0.25, 0.3) is 0 Å². The fraction of sp³-hybridized carbons (Fsp3) is 1.00. The van der Waals surface area contributed by atoms with Crippen molar-refractivity contribution in [2.75, 3.05) is 53.4 Å². The molecule has 1 heterocycles. The summed E-state index contributed by atoms with van der Waals surface area (Å²) in [6.07, 6.45) is 4.24. The van der Waals surface area contributed by atoms with E-state index in [1.54, 1.807) is 0 Å². The van der Waals surface area contributed by atoms with Crippen LogP contribution in [-0.2, 0) is 0 Å². The Labute approximate surface area is 108 Å². The van der Waals surface area contributed by atoms with E-state index in [4.69, 9.17) is 0 Å². The summed E-state index contributed by atoms with van der Waals surface area (Å²) in [5.41, 5.74) is 0. The van der Waals surface area contributed by atoms with Crippen molar-refractivity contribution >= 4 is 0 Å². The van der Waals surface area contributed by atoms with Gasteiger partial charge in [-0.05, 0) is 53.9 Å². The molecule has 0 aliphatic carbocycles. The van der Waals surface area contributed by atoms with E-state index in [9.17, 15) is 0 Å². The lowest BCUT2D eigenvalue weighted by atomic mass is 10.1. The van der Waals surface area contributed by atoms with Gasteiger partial charge in [0.15, 0.2) is 0 Å². The minimum atomic E-state index is 0.658. The van der Waals surface area contributed by atoms with Crippen molar-refractivity contribution in [1.29, 1.82) is 0 Å². The highest BCUT2D eigenvalue weighted by Gasteiger charge is 2.11. The van der Waals surface area contributed by atoms with Gasteiger partial charge in [0.2, 0.25) is 0 Å². The van der Waals surface area contributed by atoms with Gasteiger partial charge in [-0.15, -0.1) is 0 Å². The second-order valence-electron chi connectivity index (χ2n) is 5.78. The number of nitrogens with zero attached hydrogens (tertiary/aromatic N) is 3. The average molecular weight is 241 g/mol. The molecule has 0 spiro atoms. The van der Waals surface area contributed by atoms with Crippen LogP contribution < -0.4 is 0 Å². The van der Waals surface area contributed by atoms with Crippen molar-refractivity contribution in [2.45, 2.75) is 39.2 Å².